The van der Waals surface area contributed by atoms with Crippen LogP contribution >= 0.6 is 11.3 Å². The lowest BCUT2D eigenvalue weighted by Crippen LogP contribution is -2.28. The Morgan fingerprint density at radius 1 is 1.38 bits per heavy atom. The van der Waals surface area contributed by atoms with Crippen LogP contribution in [0.3, 0.4) is 0 Å². The number of hydrogen-bond donors (Lipinski definition) is 2. The van der Waals surface area contributed by atoms with Gasteiger partial charge in [0, 0.05) is 18.9 Å². The average molecular weight is 320 g/mol. The molecule has 1 amide bonds. The number of amides is 1. The Hall–Kier alpha value is -1.94. The molecule has 2 heterocycles. The highest BCUT2D eigenvalue weighted by molar-refractivity contribution is 7.21. The lowest BCUT2D eigenvalue weighted by atomic mass is 10.3. The molecular formula is C11H11F3N4O2S. The molecular weight excluding hydrogens is 309 g/mol. The van der Waals surface area contributed by atoms with Crippen LogP contribution in [0.5, 0.6) is 0 Å². The maximum Gasteiger partial charge on any atom is 0.411 e. The van der Waals surface area contributed by atoms with Crippen molar-refractivity contribution < 1.29 is 22.7 Å². The maximum atomic E-state index is 11.9. The number of fused-ring (bicyclic) bond motifs is 1. The largest absolute Gasteiger partial charge is 0.411 e. The molecule has 0 bridgehead atoms. The molecule has 0 aliphatic carbocycles. The summed E-state index contributed by atoms with van der Waals surface area (Å²) < 4.78 is 39.9. The highest BCUT2D eigenvalue weighted by atomic mass is 32.1. The summed E-state index contributed by atoms with van der Waals surface area (Å²) in [5.41, 5.74) is 6.43. The Bertz CT molecular complexity index is 644. The third-order valence-corrected chi connectivity index (χ3v) is 3.47. The minimum absolute atomic E-state index is 0.0521. The van der Waals surface area contributed by atoms with Gasteiger partial charge >= 0.3 is 6.18 Å². The van der Waals surface area contributed by atoms with Crippen molar-refractivity contribution in [3.8, 4) is 0 Å². The summed E-state index contributed by atoms with van der Waals surface area (Å²) in [6.07, 6.45) is -1.44. The Balaban J connectivity index is 1.89. The Kier molecular flexibility index (Phi) is 4.58. The van der Waals surface area contributed by atoms with Gasteiger partial charge in [0.1, 0.15) is 21.8 Å². The van der Waals surface area contributed by atoms with Crippen LogP contribution in [0.2, 0.25) is 0 Å². The Morgan fingerprint density at radius 3 is 2.76 bits per heavy atom. The number of nitrogens with two attached hydrogens (primary N) is 1. The lowest BCUT2D eigenvalue weighted by Gasteiger charge is -2.08. The van der Waals surface area contributed by atoms with Crippen molar-refractivity contribution >= 4 is 33.3 Å². The van der Waals surface area contributed by atoms with Gasteiger partial charge in [-0.05, 0) is 0 Å². The van der Waals surface area contributed by atoms with Crippen LogP contribution in [0, 0.1) is 0 Å². The Labute approximate surface area is 121 Å². The fourth-order valence-corrected chi connectivity index (χ4v) is 2.46. The molecule has 6 nitrogen and oxygen atoms in total. The first-order valence-corrected chi connectivity index (χ1v) is 6.62. The molecule has 0 fully saturated rings. The smallest absolute Gasteiger partial charge is 0.396 e. The van der Waals surface area contributed by atoms with E-state index in [0.717, 1.165) is 11.3 Å². The number of hydrogen-bond acceptors (Lipinski definition) is 6. The van der Waals surface area contributed by atoms with Gasteiger partial charge < -0.3 is 15.8 Å². The molecule has 2 aromatic heterocycles. The monoisotopic (exact) mass is 320 g/mol. The minimum atomic E-state index is -4.38. The van der Waals surface area contributed by atoms with Crippen molar-refractivity contribution in [3.05, 3.63) is 17.3 Å². The van der Waals surface area contributed by atoms with Crippen LogP contribution in [0.4, 0.5) is 18.9 Å². The molecule has 3 N–H and O–H groups in total. The standard InChI is InChI=1S/C11H11F3N4O2S/c12-11(13,14)5-20-4-3-17-9(19)8-6(15)7-10(21-8)18-2-1-16-7/h1-2H,3-5,15H2,(H,17,19). The van der Waals surface area contributed by atoms with E-state index in [1.807, 2.05) is 0 Å². The second-order valence-electron chi connectivity index (χ2n) is 3.98. The van der Waals surface area contributed by atoms with Crippen LogP contribution in [0.15, 0.2) is 12.4 Å². The zero-order chi connectivity index (χ0) is 15.5. The van der Waals surface area contributed by atoms with Gasteiger partial charge in [0.15, 0.2) is 0 Å². The molecule has 0 aliphatic heterocycles. The summed E-state index contributed by atoms with van der Waals surface area (Å²) >= 11 is 1.07. The number of rotatable bonds is 5. The average Bonchev–Trinajstić information content (AvgIpc) is 2.75. The van der Waals surface area contributed by atoms with E-state index < -0.39 is 18.7 Å². The molecule has 0 saturated heterocycles. The van der Waals surface area contributed by atoms with Crippen LogP contribution in [-0.2, 0) is 4.74 Å². The summed E-state index contributed by atoms with van der Waals surface area (Å²) in [7, 11) is 0. The molecule has 0 aromatic carbocycles. The fraction of sp³-hybridized carbons (Fsp3) is 0.364. The quantitative estimate of drug-likeness (QED) is 0.816. The number of alkyl halides is 3. The van der Waals surface area contributed by atoms with Crippen molar-refractivity contribution in [2.75, 3.05) is 25.5 Å². The first-order chi connectivity index (χ1) is 9.88. The number of anilines is 1. The van der Waals surface area contributed by atoms with E-state index in [2.05, 4.69) is 20.0 Å². The summed E-state index contributed by atoms with van der Waals surface area (Å²) in [4.78, 5) is 20.7. The third-order valence-electron chi connectivity index (χ3n) is 2.37. The number of thiophene rings is 1. The predicted molar refractivity (Wildman–Crippen MR) is 71.0 cm³/mol. The molecule has 0 unspecified atom stereocenters. The van der Waals surface area contributed by atoms with Crippen molar-refractivity contribution in [2.24, 2.45) is 0 Å². The maximum absolute atomic E-state index is 11.9. The third kappa shape index (κ3) is 4.02. The van der Waals surface area contributed by atoms with E-state index in [-0.39, 0.29) is 23.7 Å². The highest BCUT2D eigenvalue weighted by Crippen LogP contribution is 2.30. The van der Waals surface area contributed by atoms with Gasteiger partial charge in [-0.2, -0.15) is 13.2 Å². The van der Waals surface area contributed by atoms with Gasteiger partial charge in [0.05, 0.1) is 12.3 Å². The number of halogens is 3. The number of nitrogens with one attached hydrogen (secondary N) is 1. The van der Waals surface area contributed by atoms with Gasteiger partial charge in [-0.1, -0.05) is 0 Å². The number of carbonyl (C=O) groups is 1. The van der Waals surface area contributed by atoms with Gasteiger partial charge in [-0.25, -0.2) is 9.97 Å². The first-order valence-electron chi connectivity index (χ1n) is 5.80. The van der Waals surface area contributed by atoms with Gasteiger partial charge in [-0.3, -0.25) is 4.79 Å². The second kappa shape index (κ2) is 6.22. The number of aromatic nitrogens is 2. The zero-order valence-corrected chi connectivity index (χ0v) is 11.4. The summed E-state index contributed by atoms with van der Waals surface area (Å²) in [6.45, 7) is -1.64. The number of ether oxygens (including phenoxy) is 1. The first kappa shape index (κ1) is 15.4. The van der Waals surface area contributed by atoms with Crippen LogP contribution < -0.4 is 11.1 Å². The highest BCUT2D eigenvalue weighted by Gasteiger charge is 2.27. The van der Waals surface area contributed by atoms with E-state index >= 15 is 0 Å². The molecule has 0 radical (unpaired) electrons. The van der Waals surface area contributed by atoms with Crippen molar-refractivity contribution in [3.63, 3.8) is 0 Å². The SMILES string of the molecule is Nc1c(C(=O)NCCOCC(F)(F)F)sc2nccnc12. The molecule has 2 rings (SSSR count). The summed E-state index contributed by atoms with van der Waals surface area (Å²) in [5.74, 6) is -0.493. The topological polar surface area (TPSA) is 90.1 Å². The van der Waals surface area contributed by atoms with Crippen LogP contribution in [0.1, 0.15) is 9.67 Å². The summed E-state index contributed by atoms with van der Waals surface area (Å²) in [6, 6.07) is 0. The lowest BCUT2D eigenvalue weighted by molar-refractivity contribution is -0.173. The minimum Gasteiger partial charge on any atom is -0.396 e. The molecule has 0 spiro atoms. The van der Waals surface area contributed by atoms with E-state index in [1.54, 1.807) is 0 Å². The molecule has 0 aliphatic rings. The van der Waals surface area contributed by atoms with Crippen molar-refractivity contribution in [1.82, 2.24) is 15.3 Å². The van der Waals surface area contributed by atoms with E-state index in [0.29, 0.717) is 10.3 Å². The molecule has 114 valence electrons. The van der Waals surface area contributed by atoms with E-state index in [4.69, 9.17) is 5.73 Å². The molecule has 10 heteroatoms. The number of nitrogens with zero attached hydrogens (tertiary/aromatic N) is 2. The Morgan fingerprint density at radius 2 is 2.10 bits per heavy atom. The van der Waals surface area contributed by atoms with E-state index in [1.165, 1.54) is 12.4 Å². The number of nitrogen functional groups attached to an aromatic ring is 1. The van der Waals surface area contributed by atoms with Crippen LogP contribution in [0.25, 0.3) is 10.3 Å². The molecule has 21 heavy (non-hydrogen) atoms. The number of carbonyl (C=O) groups excluding carboxylic acids is 1. The molecule has 0 saturated carbocycles. The zero-order valence-electron chi connectivity index (χ0n) is 10.6. The van der Waals surface area contributed by atoms with Gasteiger partial charge in [-0.15, -0.1) is 11.3 Å². The summed E-state index contributed by atoms with van der Waals surface area (Å²) in [5, 5.41) is 2.43. The van der Waals surface area contributed by atoms with Crippen molar-refractivity contribution in [1.29, 1.82) is 0 Å². The van der Waals surface area contributed by atoms with Gasteiger partial charge in [0.25, 0.3) is 5.91 Å². The van der Waals surface area contributed by atoms with Crippen molar-refractivity contribution in [2.45, 2.75) is 6.18 Å². The fourth-order valence-electron chi connectivity index (χ4n) is 1.52. The van der Waals surface area contributed by atoms with E-state index in [9.17, 15) is 18.0 Å². The molecule has 0 atom stereocenters. The normalized spacial score (nSPS) is 11.8. The predicted octanol–water partition coefficient (Wildman–Crippen LogP) is 1.58. The molecule has 2 aromatic rings. The van der Waals surface area contributed by atoms with Gasteiger partial charge in [0.2, 0.25) is 0 Å². The van der Waals surface area contributed by atoms with Crippen LogP contribution in [-0.4, -0.2) is 41.8 Å². The second-order valence-corrected chi connectivity index (χ2v) is 4.98.